The van der Waals surface area contributed by atoms with Crippen LogP contribution < -0.4 is 9.80 Å². The summed E-state index contributed by atoms with van der Waals surface area (Å²) in [6, 6.07) is 10.6. The van der Waals surface area contributed by atoms with Gasteiger partial charge >= 0.3 is 6.18 Å². The number of nitriles is 1. The van der Waals surface area contributed by atoms with Crippen molar-refractivity contribution in [2.75, 3.05) is 9.80 Å². The highest BCUT2D eigenvalue weighted by Crippen LogP contribution is 2.40. The number of aryl methyl sites for hydroxylation is 1. The molecule has 10 heteroatoms. The first-order valence-corrected chi connectivity index (χ1v) is 9.71. The van der Waals surface area contributed by atoms with Gasteiger partial charge < -0.3 is 4.90 Å². The smallest absolute Gasteiger partial charge is 0.328 e. The van der Waals surface area contributed by atoms with Gasteiger partial charge in [0.15, 0.2) is 5.50 Å². The minimum Gasteiger partial charge on any atom is -0.328 e. The summed E-state index contributed by atoms with van der Waals surface area (Å²) in [4.78, 5) is 14.5. The van der Waals surface area contributed by atoms with Gasteiger partial charge in [-0.1, -0.05) is 17.7 Å². The molecule has 0 saturated carbocycles. The molecule has 2 aromatic carbocycles. The van der Waals surface area contributed by atoms with Gasteiger partial charge in [0.05, 0.1) is 17.2 Å². The van der Waals surface area contributed by atoms with E-state index in [-0.39, 0.29) is 5.69 Å². The molecule has 1 aliphatic rings. The number of hydrogen-bond acceptors (Lipinski definition) is 4. The van der Waals surface area contributed by atoms with E-state index in [1.807, 2.05) is 19.1 Å². The number of halogens is 5. The number of hydrogen-bond donors (Lipinski definition) is 1. The lowest BCUT2D eigenvalue weighted by Crippen LogP contribution is -2.40. The number of carbonyl (C=O) groups excluding carboxylic acids is 1. The van der Waals surface area contributed by atoms with Crippen LogP contribution in [-0.4, -0.2) is 22.3 Å². The van der Waals surface area contributed by atoms with E-state index in [0.29, 0.717) is 5.69 Å². The Kier molecular flexibility index (Phi) is 5.95. The molecule has 4 nitrogen and oxygen atoms in total. The molecule has 152 valence electrons. The molecule has 1 aliphatic heterocycles. The zero-order valence-electron chi connectivity index (χ0n) is 14.9. The van der Waals surface area contributed by atoms with Crippen molar-refractivity contribution in [3.8, 4) is 6.07 Å². The van der Waals surface area contributed by atoms with Crippen LogP contribution in [0.25, 0.3) is 0 Å². The molecule has 0 aliphatic carbocycles. The molecule has 2 atom stereocenters. The molecular weight excluding hydrogens is 446 g/mol. The minimum atomic E-state index is -4.76. The predicted molar refractivity (Wildman–Crippen MR) is 109 cm³/mol. The Labute approximate surface area is 180 Å². The predicted octanol–water partition coefficient (Wildman–Crippen LogP) is 5.12. The quantitative estimate of drug-likeness (QED) is 0.511. The van der Waals surface area contributed by atoms with Crippen molar-refractivity contribution in [1.82, 2.24) is 0 Å². The van der Waals surface area contributed by atoms with Gasteiger partial charge in [0.2, 0.25) is 0 Å². The molecule has 0 aromatic heterocycles. The Hall–Kier alpha value is -2.08. The maximum absolute atomic E-state index is 13.4. The molecule has 1 saturated heterocycles. The average Bonchev–Trinajstić information content (AvgIpc) is 2.92. The summed E-state index contributed by atoms with van der Waals surface area (Å²) in [6.07, 6.45) is -4.76. The highest BCUT2D eigenvalue weighted by atomic mass is 35.5. The van der Waals surface area contributed by atoms with E-state index in [9.17, 15) is 18.0 Å². The van der Waals surface area contributed by atoms with Crippen LogP contribution in [0.3, 0.4) is 0 Å². The first-order valence-electron chi connectivity index (χ1n) is 8.32. The molecular formula is C19H14Cl2F3N3OS. The van der Waals surface area contributed by atoms with Crippen molar-refractivity contribution in [1.29, 1.82) is 5.26 Å². The lowest BCUT2D eigenvalue weighted by atomic mass is 10.1. The molecule has 1 heterocycles. The van der Waals surface area contributed by atoms with Gasteiger partial charge in [0.1, 0.15) is 10.9 Å². The average molecular weight is 460 g/mol. The number of thiol groups is 1. The highest BCUT2D eigenvalue weighted by molar-refractivity contribution is 7.81. The van der Waals surface area contributed by atoms with Gasteiger partial charge in [-0.3, -0.25) is 9.69 Å². The first kappa shape index (κ1) is 21.6. The van der Waals surface area contributed by atoms with E-state index in [1.165, 1.54) is 12.1 Å². The molecule has 2 aromatic rings. The number of nitrogens with zero attached hydrogens (tertiary/aromatic N) is 3. The van der Waals surface area contributed by atoms with Crippen LogP contribution in [0.2, 0.25) is 0 Å². The van der Waals surface area contributed by atoms with E-state index in [4.69, 9.17) is 28.5 Å². The van der Waals surface area contributed by atoms with Crippen molar-refractivity contribution in [3.05, 3.63) is 59.2 Å². The summed E-state index contributed by atoms with van der Waals surface area (Å²) in [5.41, 5.74) is -1.11. The molecule has 0 N–H and O–H groups in total. The lowest BCUT2D eigenvalue weighted by Gasteiger charge is -2.30. The van der Waals surface area contributed by atoms with Crippen molar-refractivity contribution < 1.29 is 18.0 Å². The van der Waals surface area contributed by atoms with Crippen LogP contribution in [0.1, 0.15) is 16.7 Å². The summed E-state index contributed by atoms with van der Waals surface area (Å²) in [7, 11) is 0. The van der Waals surface area contributed by atoms with E-state index >= 15 is 0 Å². The fraction of sp³-hybridized carbons (Fsp3) is 0.263. The maximum atomic E-state index is 13.4. The zero-order valence-corrected chi connectivity index (χ0v) is 17.3. The van der Waals surface area contributed by atoms with E-state index in [1.54, 1.807) is 17.0 Å². The Morgan fingerprint density at radius 1 is 1.14 bits per heavy atom. The second-order valence-corrected chi connectivity index (χ2v) is 8.04. The van der Waals surface area contributed by atoms with Crippen LogP contribution >= 0.6 is 35.8 Å². The number of anilines is 2. The summed E-state index contributed by atoms with van der Waals surface area (Å²) in [6.45, 7) is 1.89. The number of alkyl halides is 5. The van der Waals surface area contributed by atoms with Crippen molar-refractivity contribution in [2.24, 2.45) is 0 Å². The van der Waals surface area contributed by atoms with Gasteiger partial charge in [0.25, 0.3) is 5.91 Å². The Bertz CT molecular complexity index is 976. The van der Waals surface area contributed by atoms with Crippen LogP contribution in [0.5, 0.6) is 0 Å². The SMILES string of the molecule is Cc1ccc(N2C(C(Cl)Cl)C(=O)N(c3ccc(C#N)c(C(F)(F)F)c3)C2S)cc1. The maximum Gasteiger partial charge on any atom is 0.417 e. The minimum absolute atomic E-state index is 0.0603. The third-order valence-corrected chi connectivity index (χ3v) is 5.50. The molecule has 1 amide bonds. The van der Waals surface area contributed by atoms with Gasteiger partial charge in [0, 0.05) is 11.4 Å². The van der Waals surface area contributed by atoms with Gasteiger partial charge in [-0.25, -0.2) is 0 Å². The summed E-state index contributed by atoms with van der Waals surface area (Å²) >= 11 is 16.6. The molecule has 0 radical (unpaired) electrons. The number of carbonyl (C=O) groups is 1. The topological polar surface area (TPSA) is 47.3 Å². The zero-order chi connectivity index (χ0) is 21.5. The van der Waals surface area contributed by atoms with E-state index < -0.39 is 39.6 Å². The van der Waals surface area contributed by atoms with Crippen LogP contribution in [-0.2, 0) is 11.0 Å². The van der Waals surface area contributed by atoms with Crippen LogP contribution in [0, 0.1) is 18.3 Å². The molecule has 2 unspecified atom stereocenters. The number of rotatable bonds is 3. The molecule has 0 bridgehead atoms. The Morgan fingerprint density at radius 2 is 1.72 bits per heavy atom. The van der Waals surface area contributed by atoms with Crippen molar-refractivity contribution in [2.45, 2.75) is 29.5 Å². The fourth-order valence-electron chi connectivity index (χ4n) is 3.16. The van der Waals surface area contributed by atoms with Gasteiger partial charge in [-0.2, -0.15) is 18.4 Å². The monoisotopic (exact) mass is 459 g/mol. The Morgan fingerprint density at radius 3 is 2.24 bits per heavy atom. The first-order chi connectivity index (χ1) is 13.6. The molecule has 3 rings (SSSR count). The third kappa shape index (κ3) is 4.00. The van der Waals surface area contributed by atoms with Crippen LogP contribution in [0.4, 0.5) is 24.5 Å². The third-order valence-electron chi connectivity index (χ3n) is 4.55. The second-order valence-electron chi connectivity index (χ2n) is 6.42. The van der Waals surface area contributed by atoms with E-state index in [0.717, 1.165) is 22.6 Å². The Balaban J connectivity index is 2.10. The lowest BCUT2D eigenvalue weighted by molar-refractivity contribution is -0.137. The molecule has 1 fully saturated rings. The van der Waals surface area contributed by atoms with E-state index in [2.05, 4.69) is 12.6 Å². The van der Waals surface area contributed by atoms with Gasteiger partial charge in [-0.05, 0) is 37.3 Å². The molecule has 0 spiro atoms. The summed E-state index contributed by atoms with van der Waals surface area (Å²) < 4.78 is 40.1. The summed E-state index contributed by atoms with van der Waals surface area (Å²) in [5.74, 6) is -0.599. The molecule has 29 heavy (non-hydrogen) atoms. The van der Waals surface area contributed by atoms with Gasteiger partial charge in [-0.15, -0.1) is 35.8 Å². The number of benzene rings is 2. The fourth-order valence-corrected chi connectivity index (χ4v) is 4.14. The van der Waals surface area contributed by atoms with Crippen LogP contribution in [0.15, 0.2) is 42.5 Å². The highest BCUT2D eigenvalue weighted by Gasteiger charge is 2.49. The number of amides is 1. The largest absolute Gasteiger partial charge is 0.417 e. The second kappa shape index (κ2) is 7.98. The van der Waals surface area contributed by atoms with Crippen molar-refractivity contribution in [3.63, 3.8) is 0 Å². The van der Waals surface area contributed by atoms with Crippen molar-refractivity contribution >= 4 is 53.1 Å². The standard InChI is InChI=1S/C19H14Cl2F3N3OS/c1-10-2-5-12(6-3-10)26-15(16(20)21)17(28)27(18(26)29)13-7-4-11(9-25)14(8-13)19(22,23)24/h2-8,15-16,18,29H,1H3. The summed E-state index contributed by atoms with van der Waals surface area (Å²) in [5, 5.41) is 8.98. The normalized spacial score (nSPS) is 19.8.